The average molecular weight is 382 g/mol. The molecule has 1 aliphatic rings. The number of piperidine rings is 1. The number of carbonyl (C=O) groups excluding carboxylic acids is 2. The lowest BCUT2D eigenvalue weighted by Gasteiger charge is -2.29. The van der Waals surface area contributed by atoms with Gasteiger partial charge in [0.15, 0.2) is 5.78 Å². The second-order valence-corrected chi connectivity index (χ2v) is 7.56. The van der Waals surface area contributed by atoms with Crippen LogP contribution in [-0.2, 0) is 0 Å². The first-order valence-electron chi connectivity index (χ1n) is 9.94. The van der Waals surface area contributed by atoms with E-state index in [0.29, 0.717) is 29.2 Å². The third-order valence-corrected chi connectivity index (χ3v) is 5.15. The highest BCUT2D eigenvalue weighted by molar-refractivity contribution is 6.15. The predicted octanol–water partition coefficient (Wildman–Crippen LogP) is 3.91. The molecule has 4 nitrogen and oxygen atoms in total. The molecule has 0 aliphatic carbocycles. The fourth-order valence-corrected chi connectivity index (χ4v) is 3.65. The van der Waals surface area contributed by atoms with E-state index in [2.05, 4.69) is 17.1 Å². The van der Waals surface area contributed by atoms with E-state index in [0.717, 1.165) is 19.6 Å². The summed E-state index contributed by atoms with van der Waals surface area (Å²) in [6.45, 7) is 5.93. The Morgan fingerprint density at radius 2 is 1.64 bits per heavy atom. The first-order valence-corrected chi connectivity index (χ1v) is 9.94. The van der Waals surface area contributed by atoms with Gasteiger partial charge in [-0.2, -0.15) is 0 Å². The molecule has 1 N–H and O–H groups in total. The SMILES string of the molecule is CC(CNC(=O)c1ccccc1C(=O)c1ccc(F)cc1)CN1CCCCC1. The van der Waals surface area contributed by atoms with Gasteiger partial charge in [0, 0.05) is 24.2 Å². The Hall–Kier alpha value is -2.53. The van der Waals surface area contributed by atoms with Crippen LogP contribution in [0.25, 0.3) is 0 Å². The number of carbonyl (C=O) groups is 2. The summed E-state index contributed by atoms with van der Waals surface area (Å²) in [5.41, 5.74) is 1.04. The van der Waals surface area contributed by atoms with Gasteiger partial charge >= 0.3 is 0 Å². The summed E-state index contributed by atoms with van der Waals surface area (Å²) in [4.78, 5) is 27.9. The van der Waals surface area contributed by atoms with Crippen LogP contribution >= 0.6 is 0 Å². The van der Waals surface area contributed by atoms with E-state index in [1.807, 2.05) is 0 Å². The molecule has 3 rings (SSSR count). The van der Waals surface area contributed by atoms with Crippen LogP contribution in [0.15, 0.2) is 48.5 Å². The largest absolute Gasteiger partial charge is 0.352 e. The molecule has 1 saturated heterocycles. The zero-order valence-electron chi connectivity index (χ0n) is 16.3. The van der Waals surface area contributed by atoms with Crippen LogP contribution in [0.4, 0.5) is 4.39 Å². The van der Waals surface area contributed by atoms with Crippen molar-refractivity contribution in [3.63, 3.8) is 0 Å². The van der Waals surface area contributed by atoms with Crippen molar-refractivity contribution in [2.45, 2.75) is 26.2 Å². The molecule has 2 aromatic carbocycles. The van der Waals surface area contributed by atoms with Crippen LogP contribution < -0.4 is 5.32 Å². The zero-order chi connectivity index (χ0) is 19.9. The number of benzene rings is 2. The standard InChI is InChI=1S/C23H27FN2O2/c1-17(16-26-13-5-2-6-14-26)15-25-23(28)21-8-4-3-7-20(21)22(27)18-9-11-19(24)12-10-18/h3-4,7-12,17H,2,5-6,13-16H2,1H3,(H,25,28). The third-order valence-electron chi connectivity index (χ3n) is 5.15. The van der Waals surface area contributed by atoms with E-state index in [9.17, 15) is 14.0 Å². The Balaban J connectivity index is 1.63. The van der Waals surface area contributed by atoms with Crippen LogP contribution in [0.3, 0.4) is 0 Å². The Bertz CT molecular complexity index is 814. The van der Waals surface area contributed by atoms with Gasteiger partial charge < -0.3 is 10.2 Å². The quantitative estimate of drug-likeness (QED) is 0.739. The highest BCUT2D eigenvalue weighted by Crippen LogP contribution is 2.16. The maximum Gasteiger partial charge on any atom is 0.252 e. The van der Waals surface area contributed by atoms with Gasteiger partial charge in [-0.3, -0.25) is 9.59 Å². The number of hydrogen-bond acceptors (Lipinski definition) is 3. The Morgan fingerprint density at radius 1 is 1.00 bits per heavy atom. The maximum absolute atomic E-state index is 13.1. The molecule has 1 atom stereocenters. The fourth-order valence-electron chi connectivity index (χ4n) is 3.65. The minimum Gasteiger partial charge on any atom is -0.352 e. The molecule has 0 spiro atoms. The van der Waals surface area contributed by atoms with Crippen LogP contribution in [0, 0.1) is 11.7 Å². The van der Waals surface area contributed by atoms with E-state index in [4.69, 9.17) is 0 Å². The number of ketones is 1. The summed E-state index contributed by atoms with van der Waals surface area (Å²) < 4.78 is 13.1. The minimum absolute atomic E-state index is 0.253. The summed E-state index contributed by atoms with van der Waals surface area (Å²) in [6, 6.07) is 12.1. The summed E-state index contributed by atoms with van der Waals surface area (Å²) in [6.07, 6.45) is 3.80. The molecule has 0 saturated carbocycles. The van der Waals surface area contributed by atoms with Gasteiger partial charge in [0.2, 0.25) is 0 Å². The highest BCUT2D eigenvalue weighted by atomic mass is 19.1. The number of nitrogens with one attached hydrogen (secondary N) is 1. The van der Waals surface area contributed by atoms with Crippen molar-refractivity contribution in [1.82, 2.24) is 10.2 Å². The number of rotatable bonds is 7. The molecule has 0 aromatic heterocycles. The third kappa shape index (κ3) is 5.26. The topological polar surface area (TPSA) is 49.4 Å². The lowest BCUT2D eigenvalue weighted by Crippen LogP contribution is -2.38. The summed E-state index contributed by atoms with van der Waals surface area (Å²) in [7, 11) is 0. The Morgan fingerprint density at radius 3 is 2.32 bits per heavy atom. The first-order chi connectivity index (χ1) is 13.5. The molecule has 0 radical (unpaired) electrons. The van der Waals surface area contributed by atoms with E-state index >= 15 is 0 Å². The molecule has 28 heavy (non-hydrogen) atoms. The molecular formula is C23H27FN2O2. The van der Waals surface area contributed by atoms with Gasteiger partial charge in [0.25, 0.3) is 5.91 Å². The zero-order valence-corrected chi connectivity index (χ0v) is 16.3. The Labute approximate surface area is 165 Å². The molecule has 1 unspecified atom stereocenters. The predicted molar refractivity (Wildman–Crippen MR) is 108 cm³/mol. The second kappa shape index (κ2) is 9.60. The number of nitrogens with zero attached hydrogens (tertiary/aromatic N) is 1. The molecule has 2 aromatic rings. The maximum atomic E-state index is 13.1. The summed E-state index contributed by atoms with van der Waals surface area (Å²) >= 11 is 0. The number of halogens is 1. The number of hydrogen-bond donors (Lipinski definition) is 1. The van der Waals surface area contributed by atoms with E-state index < -0.39 is 5.82 Å². The van der Waals surface area contributed by atoms with Gasteiger partial charge in [0.05, 0.1) is 5.56 Å². The normalized spacial score (nSPS) is 15.8. The van der Waals surface area contributed by atoms with E-state index in [-0.39, 0.29) is 11.7 Å². The van der Waals surface area contributed by atoms with Gasteiger partial charge in [-0.25, -0.2) is 4.39 Å². The van der Waals surface area contributed by atoms with Crippen molar-refractivity contribution < 1.29 is 14.0 Å². The van der Waals surface area contributed by atoms with E-state index in [1.54, 1.807) is 24.3 Å². The molecule has 148 valence electrons. The monoisotopic (exact) mass is 382 g/mol. The minimum atomic E-state index is -0.398. The molecule has 1 aliphatic heterocycles. The first kappa shape index (κ1) is 20.2. The van der Waals surface area contributed by atoms with Crippen LogP contribution in [0.2, 0.25) is 0 Å². The van der Waals surface area contributed by atoms with Crippen molar-refractivity contribution in [2.24, 2.45) is 5.92 Å². The number of likely N-dealkylation sites (tertiary alicyclic amines) is 1. The molecule has 1 heterocycles. The van der Waals surface area contributed by atoms with Crippen molar-refractivity contribution in [3.8, 4) is 0 Å². The van der Waals surface area contributed by atoms with Gasteiger partial charge in [-0.15, -0.1) is 0 Å². The molecule has 1 amide bonds. The van der Waals surface area contributed by atoms with Gasteiger partial charge in [0.1, 0.15) is 5.82 Å². The number of amides is 1. The van der Waals surface area contributed by atoms with Crippen molar-refractivity contribution in [3.05, 3.63) is 71.0 Å². The smallest absolute Gasteiger partial charge is 0.252 e. The Kier molecular flexibility index (Phi) is 6.93. The lowest BCUT2D eigenvalue weighted by molar-refractivity contribution is 0.0932. The molecular weight excluding hydrogens is 355 g/mol. The summed E-state index contributed by atoms with van der Waals surface area (Å²) in [5.74, 6) is -0.601. The average Bonchev–Trinajstić information content (AvgIpc) is 2.73. The van der Waals surface area contributed by atoms with Crippen LogP contribution in [0.5, 0.6) is 0 Å². The van der Waals surface area contributed by atoms with Crippen LogP contribution in [-0.4, -0.2) is 42.8 Å². The van der Waals surface area contributed by atoms with E-state index in [1.165, 1.54) is 43.5 Å². The van der Waals surface area contributed by atoms with Crippen molar-refractivity contribution in [2.75, 3.05) is 26.2 Å². The fraction of sp³-hybridized carbons (Fsp3) is 0.391. The highest BCUT2D eigenvalue weighted by Gasteiger charge is 2.19. The molecule has 5 heteroatoms. The van der Waals surface area contributed by atoms with Crippen molar-refractivity contribution >= 4 is 11.7 Å². The summed E-state index contributed by atoms with van der Waals surface area (Å²) in [5, 5.41) is 2.97. The lowest BCUT2D eigenvalue weighted by atomic mass is 9.97. The van der Waals surface area contributed by atoms with Gasteiger partial charge in [-0.05, 0) is 62.2 Å². The van der Waals surface area contributed by atoms with Crippen molar-refractivity contribution in [1.29, 1.82) is 0 Å². The molecule has 0 bridgehead atoms. The van der Waals surface area contributed by atoms with Crippen LogP contribution in [0.1, 0.15) is 52.5 Å². The molecule has 1 fully saturated rings. The second-order valence-electron chi connectivity index (χ2n) is 7.56. The van der Waals surface area contributed by atoms with Gasteiger partial charge in [-0.1, -0.05) is 31.5 Å².